The number of aryl methyl sites for hydroxylation is 1. The molecule has 0 radical (unpaired) electrons. The number of amides is 4. The van der Waals surface area contributed by atoms with Gasteiger partial charge in [0.1, 0.15) is 40.3 Å². The van der Waals surface area contributed by atoms with E-state index in [1.54, 1.807) is 12.1 Å². The van der Waals surface area contributed by atoms with E-state index >= 15 is 13.2 Å². The molecule has 2 aliphatic carbocycles. The van der Waals surface area contributed by atoms with E-state index in [2.05, 4.69) is 25.2 Å². The van der Waals surface area contributed by atoms with Crippen LogP contribution < -0.4 is 24.8 Å². The fourth-order valence-electron chi connectivity index (χ4n) is 9.25. The standard InChI is InChI=1S/C46H61F3N6O9S/c1-42(2,3)28-63-41(59)51-34-11-9-7-5-6-8-10-29-25-45(29,40(58)53-65(60)43(4)16-17-43)52-38(56)35-26-44(27-55(35)39(34)57)15-14-31-32-24-30(62-23-20-54-18-21-61-22-19-54)12-13-33(32)50-37(36(31)64-44)46(47,48)49/h8,10,12-13,24,29,34-35H,5-7,9,11,14-23,25-28H2,1-4H3,(H,51,59)(H,52,56)(H,53,58)/b10-8-/t29-,34+,35+,44-,45-,65?/m1/s1. The Balaban J connectivity index is 1.11. The molecule has 0 bridgehead atoms. The fraction of sp³-hybridized carbons (Fsp3) is 0.674. The van der Waals surface area contributed by atoms with Crippen molar-refractivity contribution in [3.8, 4) is 11.5 Å². The lowest BCUT2D eigenvalue weighted by atomic mass is 9.87. The average molecular weight is 931 g/mol. The second-order valence-corrected chi connectivity index (χ2v) is 21.8. The third-order valence-electron chi connectivity index (χ3n) is 13.5. The summed E-state index contributed by atoms with van der Waals surface area (Å²) in [6.45, 7) is 11.1. The minimum atomic E-state index is -4.92. The number of alkyl carbamates (subject to hydrolysis) is 1. The molecule has 3 N–H and O–H groups in total. The van der Waals surface area contributed by atoms with Gasteiger partial charge < -0.3 is 39.0 Å². The summed E-state index contributed by atoms with van der Waals surface area (Å²) in [5.41, 5.74) is -4.15. The summed E-state index contributed by atoms with van der Waals surface area (Å²) in [6.07, 6.45) is 2.56. The van der Waals surface area contributed by atoms with Gasteiger partial charge in [-0.25, -0.2) is 9.78 Å². The Morgan fingerprint density at radius 3 is 2.57 bits per heavy atom. The van der Waals surface area contributed by atoms with E-state index in [-0.39, 0.29) is 61.8 Å². The molecule has 1 spiro atoms. The maximum Gasteiger partial charge on any atom is 0.437 e. The van der Waals surface area contributed by atoms with Gasteiger partial charge in [-0.1, -0.05) is 45.8 Å². The van der Waals surface area contributed by atoms with Gasteiger partial charge in [0.2, 0.25) is 11.8 Å². The number of nitrogens with one attached hydrogen (secondary N) is 3. The molecule has 1 aromatic heterocycles. The number of nitrogens with zero attached hydrogens (tertiary/aromatic N) is 3. The lowest BCUT2D eigenvalue weighted by molar-refractivity contribution is -0.144. The van der Waals surface area contributed by atoms with Crippen molar-refractivity contribution in [2.24, 2.45) is 11.3 Å². The van der Waals surface area contributed by atoms with Crippen LogP contribution >= 0.6 is 0 Å². The second kappa shape index (κ2) is 18.4. The predicted molar refractivity (Wildman–Crippen MR) is 234 cm³/mol. The monoisotopic (exact) mass is 930 g/mol. The van der Waals surface area contributed by atoms with Crippen LogP contribution in [0, 0.1) is 11.3 Å². The van der Waals surface area contributed by atoms with E-state index in [4.69, 9.17) is 18.9 Å². The Bertz CT molecular complexity index is 2180. The molecule has 19 heteroatoms. The minimum Gasteiger partial charge on any atom is -0.593 e. The quantitative estimate of drug-likeness (QED) is 0.213. The molecular formula is C46H61F3N6O9S. The second-order valence-electron chi connectivity index (χ2n) is 20.0. The molecular weight excluding hydrogens is 870 g/mol. The zero-order chi connectivity index (χ0) is 46.4. The lowest BCUT2D eigenvalue weighted by Gasteiger charge is -2.37. The first-order valence-corrected chi connectivity index (χ1v) is 24.0. The molecule has 4 amide bonds. The van der Waals surface area contributed by atoms with E-state index in [0.717, 1.165) is 19.5 Å². The van der Waals surface area contributed by atoms with E-state index < -0.39 is 86.7 Å². The van der Waals surface area contributed by atoms with Gasteiger partial charge in [0.25, 0.3) is 5.91 Å². The number of alkyl halides is 3. The summed E-state index contributed by atoms with van der Waals surface area (Å²) in [5, 5.41) is 6.09. The summed E-state index contributed by atoms with van der Waals surface area (Å²) in [7, 11) is 0. The highest BCUT2D eigenvalue weighted by molar-refractivity contribution is 7.91. The van der Waals surface area contributed by atoms with Gasteiger partial charge in [0.05, 0.1) is 43.2 Å². The van der Waals surface area contributed by atoms with Crippen LogP contribution in [0.2, 0.25) is 0 Å². The molecule has 1 unspecified atom stereocenters. The Labute approximate surface area is 380 Å². The number of carbonyl (C=O) groups is 4. The van der Waals surface area contributed by atoms with Gasteiger partial charge in [-0.3, -0.25) is 19.3 Å². The van der Waals surface area contributed by atoms with Crippen molar-refractivity contribution in [3.63, 3.8) is 0 Å². The Morgan fingerprint density at radius 1 is 1.08 bits per heavy atom. The van der Waals surface area contributed by atoms with Crippen LogP contribution in [0.4, 0.5) is 18.0 Å². The smallest absolute Gasteiger partial charge is 0.437 e. The first-order chi connectivity index (χ1) is 30.8. The van der Waals surface area contributed by atoms with Gasteiger partial charge in [0, 0.05) is 55.8 Å². The van der Waals surface area contributed by atoms with E-state index in [1.165, 1.54) is 11.0 Å². The molecule has 2 saturated carbocycles. The van der Waals surface area contributed by atoms with E-state index in [1.807, 2.05) is 39.8 Å². The molecule has 15 nitrogen and oxygen atoms in total. The van der Waals surface area contributed by atoms with Gasteiger partial charge >= 0.3 is 12.3 Å². The molecule has 8 rings (SSSR count). The topological polar surface area (TPSA) is 184 Å². The van der Waals surface area contributed by atoms with Crippen LogP contribution in [0.25, 0.3) is 10.9 Å². The van der Waals surface area contributed by atoms with Crippen molar-refractivity contribution in [2.75, 3.05) is 52.6 Å². The largest absolute Gasteiger partial charge is 0.593 e. The normalized spacial score (nSPS) is 29.2. The Morgan fingerprint density at radius 2 is 1.85 bits per heavy atom. The average Bonchev–Trinajstić information content (AvgIpc) is 4.15. The highest BCUT2D eigenvalue weighted by Crippen LogP contribution is 2.50. The zero-order valence-corrected chi connectivity index (χ0v) is 38.4. The molecule has 65 heavy (non-hydrogen) atoms. The number of pyridine rings is 1. The summed E-state index contributed by atoms with van der Waals surface area (Å²) >= 11 is -1.71. The Hall–Kier alpha value is -4.33. The van der Waals surface area contributed by atoms with E-state index in [9.17, 15) is 23.7 Å². The number of fused-ring (bicyclic) bond motifs is 5. The highest BCUT2D eigenvalue weighted by Gasteiger charge is 2.64. The molecule has 4 aliphatic heterocycles. The molecule has 2 aromatic rings. The number of hydrogen-bond acceptors (Lipinski definition) is 11. The maximum absolute atomic E-state index is 15.0. The predicted octanol–water partition coefficient (Wildman–Crippen LogP) is 5.50. The molecule has 2 saturated heterocycles. The van der Waals surface area contributed by atoms with E-state index in [0.29, 0.717) is 69.6 Å². The van der Waals surface area contributed by atoms with Gasteiger partial charge in [-0.15, -0.1) is 0 Å². The van der Waals surface area contributed by atoms with Crippen LogP contribution in [0.15, 0.2) is 30.4 Å². The summed E-state index contributed by atoms with van der Waals surface area (Å²) in [6, 6.07) is 2.31. The minimum absolute atomic E-state index is 0.0682. The fourth-order valence-corrected chi connectivity index (χ4v) is 10.3. The molecule has 1 aromatic carbocycles. The number of rotatable bonds is 9. The van der Waals surface area contributed by atoms with Crippen LogP contribution in [0.1, 0.15) is 103 Å². The van der Waals surface area contributed by atoms with Gasteiger partial charge in [-0.05, 0) is 69.1 Å². The number of hydrogen-bond donors (Lipinski definition) is 3. The number of halogens is 3. The van der Waals surface area contributed by atoms with Gasteiger partial charge in [0.15, 0.2) is 11.4 Å². The summed E-state index contributed by atoms with van der Waals surface area (Å²) in [5.74, 6) is -2.39. The molecule has 4 fully saturated rings. The van der Waals surface area contributed by atoms with Crippen LogP contribution in [-0.4, -0.2) is 124 Å². The zero-order valence-electron chi connectivity index (χ0n) is 37.6. The third kappa shape index (κ3) is 10.6. The molecule has 6 atom stereocenters. The van der Waals surface area contributed by atoms with Gasteiger partial charge in [-0.2, -0.15) is 17.9 Å². The van der Waals surface area contributed by atoms with Crippen LogP contribution in [-0.2, 0) is 47.8 Å². The summed E-state index contributed by atoms with van der Waals surface area (Å²) < 4.78 is 83.8. The maximum atomic E-state index is 15.0. The Kier molecular flexibility index (Phi) is 13.3. The molecule has 6 aliphatic rings. The number of aromatic nitrogens is 1. The van der Waals surface area contributed by atoms with Crippen molar-refractivity contribution in [1.29, 1.82) is 0 Å². The first kappa shape index (κ1) is 47.2. The van der Waals surface area contributed by atoms with Crippen LogP contribution in [0.5, 0.6) is 11.5 Å². The van der Waals surface area contributed by atoms with Crippen molar-refractivity contribution in [2.45, 2.75) is 132 Å². The highest BCUT2D eigenvalue weighted by atomic mass is 32.2. The number of morpholine rings is 1. The van der Waals surface area contributed by atoms with Crippen molar-refractivity contribution in [1.82, 2.24) is 30.1 Å². The van der Waals surface area contributed by atoms with Crippen LogP contribution in [0.3, 0.4) is 0 Å². The summed E-state index contributed by atoms with van der Waals surface area (Å²) in [4.78, 5) is 64.5. The van der Waals surface area contributed by atoms with Crippen molar-refractivity contribution in [3.05, 3.63) is 41.6 Å². The number of benzene rings is 1. The number of ether oxygens (including phenoxy) is 4. The number of carbonyl (C=O) groups excluding carboxylic acids is 4. The molecule has 356 valence electrons. The van der Waals surface area contributed by atoms with Crippen molar-refractivity contribution < 1.29 is 55.8 Å². The number of allylic oxidation sites excluding steroid dienone is 1. The lowest BCUT2D eigenvalue weighted by Crippen LogP contribution is -2.58. The first-order valence-electron chi connectivity index (χ1n) is 22.9. The third-order valence-corrected chi connectivity index (χ3v) is 15.2. The molecule has 5 heterocycles. The SMILES string of the molecule is CC(C)(C)COC(=O)N[C@H]1CCCCC/C=C\[C@@H]2C[C@@]2(C(=O)N[S+]([O-])C2(C)CC2)NC(=O)[C@@H]2C[C@]3(CCc4c(c(C(F)(F)F)nc5ccc(OCCN6CCOCC6)cc45)O3)CN2C1=O. The van der Waals surface area contributed by atoms with Crippen molar-refractivity contribution >= 4 is 46.1 Å².